The van der Waals surface area contributed by atoms with Crippen molar-refractivity contribution in [2.75, 3.05) is 12.3 Å². The second-order valence-corrected chi connectivity index (χ2v) is 3.39. The lowest BCUT2D eigenvalue weighted by atomic mass is 10.00. The minimum Gasteiger partial charge on any atom is -0.398 e. The van der Waals surface area contributed by atoms with Crippen LogP contribution >= 0.6 is 0 Å². The van der Waals surface area contributed by atoms with Crippen molar-refractivity contribution >= 4 is 5.69 Å². The molecular formula is C10H14N2. The fraction of sp³-hybridized carbons (Fsp3) is 0.400. The van der Waals surface area contributed by atoms with Crippen LogP contribution in [0.5, 0.6) is 0 Å². The summed E-state index contributed by atoms with van der Waals surface area (Å²) in [6.07, 6.45) is 2.31. The maximum atomic E-state index is 5.88. The highest BCUT2D eigenvalue weighted by Gasteiger charge is 2.22. The van der Waals surface area contributed by atoms with Crippen molar-refractivity contribution in [2.45, 2.75) is 18.8 Å². The maximum absolute atomic E-state index is 5.88. The molecule has 4 N–H and O–H groups in total. The van der Waals surface area contributed by atoms with Crippen molar-refractivity contribution in [2.24, 2.45) is 5.73 Å². The van der Waals surface area contributed by atoms with Crippen molar-refractivity contribution in [1.29, 1.82) is 0 Å². The number of anilines is 1. The summed E-state index contributed by atoms with van der Waals surface area (Å²) in [6, 6.07) is 6.14. The Morgan fingerprint density at radius 1 is 1.42 bits per heavy atom. The SMILES string of the molecule is NCC1CCc2cccc(N)c21. The van der Waals surface area contributed by atoms with Crippen molar-refractivity contribution in [3.8, 4) is 0 Å². The van der Waals surface area contributed by atoms with Gasteiger partial charge in [0, 0.05) is 5.69 Å². The van der Waals surface area contributed by atoms with Crippen molar-refractivity contribution in [3.63, 3.8) is 0 Å². The van der Waals surface area contributed by atoms with Crippen LogP contribution in [0.3, 0.4) is 0 Å². The van der Waals surface area contributed by atoms with Crippen LogP contribution in [0.2, 0.25) is 0 Å². The number of benzene rings is 1. The molecule has 0 amide bonds. The summed E-state index contributed by atoms with van der Waals surface area (Å²) in [5.74, 6) is 0.501. The molecule has 12 heavy (non-hydrogen) atoms. The number of rotatable bonds is 1. The molecule has 1 aliphatic carbocycles. The lowest BCUT2D eigenvalue weighted by Gasteiger charge is -2.10. The Bertz CT molecular complexity index is 294. The summed E-state index contributed by atoms with van der Waals surface area (Å²) in [4.78, 5) is 0. The van der Waals surface area contributed by atoms with Crippen LogP contribution in [-0.4, -0.2) is 6.54 Å². The fourth-order valence-corrected chi connectivity index (χ4v) is 2.06. The first-order valence-electron chi connectivity index (χ1n) is 4.40. The maximum Gasteiger partial charge on any atom is 0.0352 e. The van der Waals surface area contributed by atoms with Gasteiger partial charge in [-0.2, -0.15) is 0 Å². The normalized spacial score (nSPS) is 20.9. The topological polar surface area (TPSA) is 52.0 Å². The van der Waals surface area contributed by atoms with E-state index in [-0.39, 0.29) is 0 Å². The zero-order valence-electron chi connectivity index (χ0n) is 7.09. The molecule has 0 spiro atoms. The minimum atomic E-state index is 0.501. The third-order valence-corrected chi connectivity index (χ3v) is 2.69. The Morgan fingerprint density at radius 3 is 3.00 bits per heavy atom. The fourth-order valence-electron chi connectivity index (χ4n) is 2.06. The molecule has 0 saturated heterocycles. The van der Waals surface area contributed by atoms with E-state index in [0.717, 1.165) is 18.7 Å². The molecule has 0 fully saturated rings. The summed E-state index contributed by atoms with van der Waals surface area (Å²) in [5.41, 5.74) is 15.2. The van der Waals surface area contributed by atoms with Gasteiger partial charge in [-0.25, -0.2) is 0 Å². The molecular weight excluding hydrogens is 148 g/mol. The molecule has 0 bridgehead atoms. The number of hydrogen-bond donors (Lipinski definition) is 2. The van der Waals surface area contributed by atoms with E-state index < -0.39 is 0 Å². The third kappa shape index (κ3) is 0.994. The van der Waals surface area contributed by atoms with E-state index in [1.54, 1.807) is 0 Å². The van der Waals surface area contributed by atoms with Crippen molar-refractivity contribution in [3.05, 3.63) is 29.3 Å². The van der Waals surface area contributed by atoms with Crippen LogP contribution in [0.4, 0.5) is 5.69 Å². The van der Waals surface area contributed by atoms with Gasteiger partial charge in [0.15, 0.2) is 0 Å². The average molecular weight is 162 g/mol. The second kappa shape index (κ2) is 2.79. The Labute approximate surface area is 72.6 Å². The first-order chi connectivity index (χ1) is 5.83. The lowest BCUT2D eigenvalue weighted by molar-refractivity contribution is 0.689. The summed E-state index contributed by atoms with van der Waals surface area (Å²) in [6.45, 7) is 0.723. The molecule has 1 unspecified atom stereocenters. The summed E-state index contributed by atoms with van der Waals surface area (Å²) >= 11 is 0. The second-order valence-electron chi connectivity index (χ2n) is 3.39. The van der Waals surface area contributed by atoms with Gasteiger partial charge in [-0.05, 0) is 42.5 Å². The van der Waals surface area contributed by atoms with Crippen LogP contribution in [0.15, 0.2) is 18.2 Å². The summed E-state index contributed by atoms with van der Waals surface area (Å²) in [5, 5.41) is 0. The van der Waals surface area contributed by atoms with Gasteiger partial charge in [0.2, 0.25) is 0 Å². The third-order valence-electron chi connectivity index (χ3n) is 2.69. The number of nitrogen functional groups attached to an aromatic ring is 1. The van der Waals surface area contributed by atoms with Gasteiger partial charge in [0.1, 0.15) is 0 Å². The highest BCUT2D eigenvalue weighted by molar-refractivity contribution is 5.55. The van der Waals surface area contributed by atoms with Gasteiger partial charge in [0.05, 0.1) is 0 Å². The summed E-state index contributed by atoms with van der Waals surface area (Å²) < 4.78 is 0. The molecule has 0 saturated carbocycles. The average Bonchev–Trinajstić information content (AvgIpc) is 2.49. The first kappa shape index (κ1) is 7.62. The van der Waals surface area contributed by atoms with Crippen LogP contribution < -0.4 is 11.5 Å². The molecule has 1 aromatic rings. The van der Waals surface area contributed by atoms with E-state index >= 15 is 0 Å². The zero-order chi connectivity index (χ0) is 8.55. The molecule has 64 valence electrons. The smallest absolute Gasteiger partial charge is 0.0352 e. The minimum absolute atomic E-state index is 0.501. The van der Waals surface area contributed by atoms with Gasteiger partial charge in [0.25, 0.3) is 0 Å². The van der Waals surface area contributed by atoms with E-state index in [4.69, 9.17) is 11.5 Å². The standard InChI is InChI=1S/C10H14N2/c11-6-8-5-4-7-2-1-3-9(12)10(7)8/h1-3,8H,4-6,11-12H2. The molecule has 0 heterocycles. The molecule has 0 radical (unpaired) electrons. The number of aryl methyl sites for hydroxylation is 1. The van der Waals surface area contributed by atoms with Crippen LogP contribution in [-0.2, 0) is 6.42 Å². The van der Waals surface area contributed by atoms with Gasteiger partial charge in [-0.15, -0.1) is 0 Å². The largest absolute Gasteiger partial charge is 0.398 e. The molecule has 1 aliphatic rings. The van der Waals surface area contributed by atoms with Crippen LogP contribution in [0, 0.1) is 0 Å². The molecule has 2 rings (SSSR count). The quantitative estimate of drug-likeness (QED) is 0.611. The predicted octanol–water partition coefficient (Wildman–Crippen LogP) is 1.26. The number of nitrogens with two attached hydrogens (primary N) is 2. The van der Waals surface area contributed by atoms with Crippen molar-refractivity contribution < 1.29 is 0 Å². The van der Waals surface area contributed by atoms with E-state index in [1.165, 1.54) is 17.5 Å². The van der Waals surface area contributed by atoms with E-state index in [0.29, 0.717) is 5.92 Å². The number of fused-ring (bicyclic) bond motifs is 1. The van der Waals surface area contributed by atoms with Crippen molar-refractivity contribution in [1.82, 2.24) is 0 Å². The van der Waals surface area contributed by atoms with Gasteiger partial charge >= 0.3 is 0 Å². The first-order valence-corrected chi connectivity index (χ1v) is 4.40. The molecule has 1 aromatic carbocycles. The van der Waals surface area contributed by atoms with Gasteiger partial charge in [-0.3, -0.25) is 0 Å². The molecule has 0 aliphatic heterocycles. The Balaban J connectivity index is 2.48. The van der Waals surface area contributed by atoms with Crippen LogP contribution in [0.1, 0.15) is 23.5 Å². The van der Waals surface area contributed by atoms with E-state index in [9.17, 15) is 0 Å². The lowest BCUT2D eigenvalue weighted by Crippen LogP contribution is -2.10. The molecule has 1 atom stereocenters. The Morgan fingerprint density at radius 2 is 2.25 bits per heavy atom. The number of hydrogen-bond acceptors (Lipinski definition) is 2. The van der Waals surface area contributed by atoms with Crippen LogP contribution in [0.25, 0.3) is 0 Å². The van der Waals surface area contributed by atoms with E-state index in [1.807, 2.05) is 12.1 Å². The molecule has 0 aromatic heterocycles. The monoisotopic (exact) mass is 162 g/mol. The molecule has 2 nitrogen and oxygen atoms in total. The Kier molecular flexibility index (Phi) is 1.77. The predicted molar refractivity (Wildman–Crippen MR) is 51.0 cm³/mol. The zero-order valence-corrected chi connectivity index (χ0v) is 7.09. The van der Waals surface area contributed by atoms with Gasteiger partial charge < -0.3 is 11.5 Å². The highest BCUT2D eigenvalue weighted by atomic mass is 14.6. The van der Waals surface area contributed by atoms with Gasteiger partial charge in [-0.1, -0.05) is 12.1 Å². The summed E-state index contributed by atoms with van der Waals surface area (Å²) in [7, 11) is 0. The highest BCUT2D eigenvalue weighted by Crippen LogP contribution is 2.35. The van der Waals surface area contributed by atoms with E-state index in [2.05, 4.69) is 6.07 Å². The molecule has 2 heteroatoms. The Hall–Kier alpha value is -1.02.